The number of allylic oxidation sites excluding steroid dienone is 10. The number of rotatable bonds is 10. The summed E-state index contributed by atoms with van der Waals surface area (Å²) in [5.74, 6) is 0.109. The zero-order chi connectivity index (χ0) is 17.7. The molecule has 0 aromatic rings. The molecule has 0 amide bonds. The minimum absolute atomic E-state index is 0. The Balaban J connectivity index is 0.00000338. The summed E-state index contributed by atoms with van der Waals surface area (Å²) in [5.41, 5.74) is 1.42. The number of ketones is 2. The monoisotopic (exact) mass is 401 g/mol. The van der Waals surface area contributed by atoms with Crippen LogP contribution in [0.1, 0.15) is 32.1 Å². The van der Waals surface area contributed by atoms with Crippen LogP contribution in [0.4, 0.5) is 0 Å². The zero-order valence-corrected chi connectivity index (χ0v) is 15.8. The average Bonchev–Trinajstić information content (AvgIpc) is 2.62. The number of unbranched alkanes of at least 4 members (excludes halogenated alkanes) is 4. The van der Waals surface area contributed by atoms with Gasteiger partial charge in [0.2, 0.25) is 0 Å². The smallest absolute Gasteiger partial charge is 0.187 e. The molecule has 0 aromatic carbocycles. The zero-order valence-electron chi connectivity index (χ0n) is 14.8. The summed E-state index contributed by atoms with van der Waals surface area (Å²) in [5, 5.41) is 6.41. The molecule has 0 unspecified atom stereocenters. The van der Waals surface area contributed by atoms with Gasteiger partial charge in [0.1, 0.15) is 0 Å². The summed E-state index contributed by atoms with van der Waals surface area (Å²) in [6.45, 7) is 1.78. The molecular weight excluding hydrogens is 376 g/mol. The van der Waals surface area contributed by atoms with Gasteiger partial charge in [-0.25, -0.2) is 0 Å². The molecule has 26 heavy (non-hydrogen) atoms. The molecule has 0 aliphatic heterocycles. The number of carbonyl (C=O) groups is 2. The first-order valence-electron chi connectivity index (χ1n) is 8.92. The molecule has 0 fully saturated rings. The molecule has 2 aliphatic carbocycles. The van der Waals surface area contributed by atoms with Gasteiger partial charge in [-0.15, -0.1) is 0 Å². The molecule has 0 saturated carbocycles. The standard InChI is InChI=1S/C21H26N2O2.Cu/c24-20-12-6-4-10-18(20)16-22-14-8-2-1-3-9-15-23-17-19-11-5-7-13-21(19)25;/h4-7,10-13,16-17,22-23H,1-3,8-9,14-15H2;/b18-16-,19-17-;. The largest absolute Gasteiger partial charge is 0.390 e. The van der Waals surface area contributed by atoms with Gasteiger partial charge in [-0.05, 0) is 37.1 Å². The van der Waals surface area contributed by atoms with Crippen molar-refractivity contribution in [3.8, 4) is 0 Å². The second-order valence-electron chi connectivity index (χ2n) is 6.04. The SMILES string of the molecule is O=C1C=CC=C/C1=C/NCCCCCCCN/C=C1/C=CC=CC1=O.[Cu]. The molecule has 0 heterocycles. The van der Waals surface area contributed by atoms with E-state index < -0.39 is 0 Å². The molecule has 5 heteroatoms. The Labute approximate surface area is 166 Å². The number of hydrogen-bond acceptors (Lipinski definition) is 4. The number of nitrogens with one attached hydrogen (secondary N) is 2. The van der Waals surface area contributed by atoms with E-state index in [4.69, 9.17) is 0 Å². The summed E-state index contributed by atoms with van der Waals surface area (Å²) >= 11 is 0. The van der Waals surface area contributed by atoms with E-state index in [9.17, 15) is 9.59 Å². The van der Waals surface area contributed by atoms with E-state index in [-0.39, 0.29) is 28.6 Å². The Morgan fingerprint density at radius 3 is 1.42 bits per heavy atom. The van der Waals surface area contributed by atoms with E-state index >= 15 is 0 Å². The third-order valence-corrected chi connectivity index (χ3v) is 4.00. The normalized spacial score (nSPS) is 18.5. The van der Waals surface area contributed by atoms with Crippen molar-refractivity contribution in [3.05, 3.63) is 72.2 Å². The maximum atomic E-state index is 11.5. The van der Waals surface area contributed by atoms with Gasteiger partial charge in [-0.1, -0.05) is 43.6 Å². The molecular formula is C21H26CuN2O2. The Morgan fingerprint density at radius 2 is 1.00 bits per heavy atom. The minimum atomic E-state index is 0. The van der Waals surface area contributed by atoms with Gasteiger partial charge >= 0.3 is 0 Å². The van der Waals surface area contributed by atoms with E-state index in [2.05, 4.69) is 10.6 Å². The van der Waals surface area contributed by atoms with Crippen LogP contribution in [-0.4, -0.2) is 24.7 Å². The molecule has 4 nitrogen and oxygen atoms in total. The Bertz CT molecular complexity index is 599. The minimum Gasteiger partial charge on any atom is -0.390 e. The topological polar surface area (TPSA) is 58.2 Å². The average molecular weight is 402 g/mol. The van der Waals surface area contributed by atoms with Crippen molar-refractivity contribution in [1.29, 1.82) is 0 Å². The fraction of sp³-hybridized carbons (Fsp3) is 0.333. The Morgan fingerprint density at radius 1 is 0.615 bits per heavy atom. The Hall–Kier alpha value is -2.10. The first-order valence-corrected chi connectivity index (χ1v) is 8.92. The quantitative estimate of drug-likeness (QED) is 0.335. The van der Waals surface area contributed by atoms with Gasteiger partial charge in [-0.2, -0.15) is 0 Å². The number of hydrogen-bond donors (Lipinski definition) is 2. The summed E-state index contributed by atoms with van der Waals surface area (Å²) < 4.78 is 0. The van der Waals surface area contributed by atoms with Crippen LogP contribution in [0.2, 0.25) is 0 Å². The van der Waals surface area contributed by atoms with Gasteiger partial charge in [0, 0.05) is 53.7 Å². The van der Waals surface area contributed by atoms with Gasteiger partial charge in [0.25, 0.3) is 0 Å². The maximum Gasteiger partial charge on any atom is 0.187 e. The van der Waals surface area contributed by atoms with Crippen LogP contribution in [0.3, 0.4) is 0 Å². The van der Waals surface area contributed by atoms with Crippen LogP contribution < -0.4 is 10.6 Å². The third-order valence-electron chi connectivity index (χ3n) is 4.00. The molecule has 0 aromatic heterocycles. The van der Waals surface area contributed by atoms with Crippen LogP contribution in [-0.2, 0) is 26.7 Å². The second-order valence-corrected chi connectivity index (χ2v) is 6.04. The van der Waals surface area contributed by atoms with Crippen LogP contribution in [0.5, 0.6) is 0 Å². The van der Waals surface area contributed by atoms with Crippen molar-refractivity contribution in [1.82, 2.24) is 10.6 Å². The maximum absolute atomic E-state index is 11.5. The molecule has 1 radical (unpaired) electrons. The third kappa shape index (κ3) is 8.32. The van der Waals surface area contributed by atoms with E-state index in [0.29, 0.717) is 11.1 Å². The van der Waals surface area contributed by atoms with Gasteiger partial charge in [0.15, 0.2) is 11.6 Å². The fourth-order valence-electron chi connectivity index (χ4n) is 2.55. The van der Waals surface area contributed by atoms with Crippen LogP contribution in [0.25, 0.3) is 0 Å². The van der Waals surface area contributed by atoms with Crippen molar-refractivity contribution in [2.75, 3.05) is 13.1 Å². The van der Waals surface area contributed by atoms with Crippen LogP contribution >= 0.6 is 0 Å². The van der Waals surface area contributed by atoms with Crippen molar-refractivity contribution < 1.29 is 26.7 Å². The Kier molecular flexibility index (Phi) is 11.1. The molecule has 2 aliphatic rings. The summed E-state index contributed by atoms with van der Waals surface area (Å²) in [4.78, 5) is 23.0. The summed E-state index contributed by atoms with van der Waals surface area (Å²) in [7, 11) is 0. The predicted octanol–water partition coefficient (Wildman–Crippen LogP) is 3.27. The van der Waals surface area contributed by atoms with E-state index in [1.807, 2.05) is 24.3 Å². The second kappa shape index (κ2) is 13.1. The van der Waals surface area contributed by atoms with Crippen molar-refractivity contribution in [2.24, 2.45) is 0 Å². The molecule has 0 atom stereocenters. The fourth-order valence-corrected chi connectivity index (χ4v) is 2.55. The van der Waals surface area contributed by atoms with Crippen molar-refractivity contribution in [2.45, 2.75) is 32.1 Å². The number of carbonyl (C=O) groups excluding carboxylic acids is 2. The van der Waals surface area contributed by atoms with Gasteiger partial charge in [-0.3, -0.25) is 9.59 Å². The van der Waals surface area contributed by atoms with Crippen LogP contribution in [0.15, 0.2) is 72.2 Å². The molecule has 0 bridgehead atoms. The van der Waals surface area contributed by atoms with E-state index in [1.165, 1.54) is 19.3 Å². The van der Waals surface area contributed by atoms with Crippen molar-refractivity contribution >= 4 is 11.6 Å². The van der Waals surface area contributed by atoms with Crippen LogP contribution in [0, 0.1) is 0 Å². The molecule has 0 spiro atoms. The molecule has 2 rings (SSSR count). The van der Waals surface area contributed by atoms with Gasteiger partial charge < -0.3 is 10.6 Å². The molecule has 2 N–H and O–H groups in total. The summed E-state index contributed by atoms with van der Waals surface area (Å²) in [6, 6.07) is 0. The van der Waals surface area contributed by atoms with Crippen molar-refractivity contribution in [3.63, 3.8) is 0 Å². The predicted molar refractivity (Wildman–Crippen MR) is 102 cm³/mol. The first kappa shape index (κ1) is 21.9. The van der Waals surface area contributed by atoms with E-state index in [1.54, 1.807) is 36.7 Å². The molecule has 143 valence electrons. The van der Waals surface area contributed by atoms with E-state index in [0.717, 1.165) is 25.9 Å². The first-order chi connectivity index (χ1) is 12.3. The molecule has 0 saturated heterocycles. The summed E-state index contributed by atoms with van der Waals surface area (Å²) in [6.07, 6.45) is 23.4. The van der Waals surface area contributed by atoms with Gasteiger partial charge in [0.05, 0.1) is 0 Å².